The molecule has 1 aromatic heterocycles. The van der Waals surface area contributed by atoms with Crippen LogP contribution < -0.4 is 4.72 Å². The Hall–Kier alpha value is -1.66. The van der Waals surface area contributed by atoms with Crippen LogP contribution in [0.1, 0.15) is 45.7 Å². The highest BCUT2D eigenvalue weighted by molar-refractivity contribution is 7.89. The minimum Gasteiger partial charge on any atom is -0.239 e. The van der Waals surface area contributed by atoms with Gasteiger partial charge in [0.25, 0.3) is 0 Å². The summed E-state index contributed by atoms with van der Waals surface area (Å²) in [4.78, 5) is 0.257. The molecule has 2 atom stereocenters. The lowest BCUT2D eigenvalue weighted by molar-refractivity contribution is 0.163. The normalized spacial score (nSPS) is 23.5. The third-order valence-corrected chi connectivity index (χ3v) is 6.50. The number of nitrogens with one attached hydrogen (secondary N) is 1. The van der Waals surface area contributed by atoms with Crippen molar-refractivity contribution in [1.82, 2.24) is 14.5 Å². The molecular weight excluding hydrogens is 334 g/mol. The summed E-state index contributed by atoms with van der Waals surface area (Å²) in [5.41, 5.74) is 1.52. The molecule has 0 amide bonds. The van der Waals surface area contributed by atoms with E-state index in [4.69, 9.17) is 0 Å². The first-order valence-corrected chi connectivity index (χ1v) is 10.3. The molecule has 0 bridgehead atoms. The van der Waals surface area contributed by atoms with Crippen LogP contribution in [0.3, 0.4) is 0 Å². The summed E-state index contributed by atoms with van der Waals surface area (Å²) >= 11 is 0. The Morgan fingerprint density at radius 2 is 1.88 bits per heavy atom. The Morgan fingerprint density at radius 1 is 1.20 bits per heavy atom. The fraction of sp³-hybridized carbons (Fsp3) is 0.526. The van der Waals surface area contributed by atoms with Crippen LogP contribution in [0, 0.1) is 18.3 Å². The average Bonchev–Trinajstić information content (AvgIpc) is 2.88. The third kappa shape index (κ3) is 4.12. The Balaban J connectivity index is 1.84. The highest BCUT2D eigenvalue weighted by Crippen LogP contribution is 2.39. The molecule has 0 saturated heterocycles. The second kappa shape index (κ2) is 6.57. The molecule has 3 rings (SSSR count). The van der Waals surface area contributed by atoms with Gasteiger partial charge >= 0.3 is 0 Å². The lowest BCUT2D eigenvalue weighted by Gasteiger charge is -2.39. The van der Waals surface area contributed by atoms with Crippen molar-refractivity contribution in [1.29, 1.82) is 0 Å². The number of nitrogens with zero attached hydrogens (tertiary/aromatic N) is 2. The Labute approximate surface area is 150 Å². The van der Waals surface area contributed by atoms with Gasteiger partial charge in [0.2, 0.25) is 10.0 Å². The van der Waals surface area contributed by atoms with Gasteiger partial charge in [-0.05, 0) is 49.7 Å². The van der Waals surface area contributed by atoms with Crippen LogP contribution in [0.25, 0.3) is 5.69 Å². The number of para-hydroxylation sites is 1. The number of aromatic nitrogens is 2. The summed E-state index contributed by atoms with van der Waals surface area (Å²) in [6.07, 6.45) is 4.48. The first-order valence-electron chi connectivity index (χ1n) is 8.80. The highest BCUT2D eigenvalue weighted by Gasteiger charge is 2.35. The molecule has 6 heteroatoms. The topological polar surface area (TPSA) is 64.0 Å². The Morgan fingerprint density at radius 3 is 2.52 bits per heavy atom. The number of sulfonamides is 1. The van der Waals surface area contributed by atoms with Crippen LogP contribution in [0.15, 0.2) is 41.4 Å². The van der Waals surface area contributed by atoms with E-state index in [0.717, 1.165) is 24.9 Å². The van der Waals surface area contributed by atoms with Crippen molar-refractivity contribution in [3.8, 4) is 5.69 Å². The molecule has 0 radical (unpaired) electrons. The first kappa shape index (κ1) is 18.1. The van der Waals surface area contributed by atoms with Crippen LogP contribution in [-0.2, 0) is 10.0 Å². The van der Waals surface area contributed by atoms with E-state index in [-0.39, 0.29) is 16.4 Å². The lowest BCUT2D eigenvalue weighted by Crippen LogP contribution is -2.42. The van der Waals surface area contributed by atoms with Gasteiger partial charge in [-0.25, -0.2) is 17.8 Å². The molecule has 1 N–H and O–H groups in total. The van der Waals surface area contributed by atoms with Crippen molar-refractivity contribution in [2.24, 2.45) is 11.3 Å². The zero-order chi connectivity index (χ0) is 18.2. The molecule has 0 spiro atoms. The molecule has 1 saturated carbocycles. The van der Waals surface area contributed by atoms with Crippen LogP contribution in [0.2, 0.25) is 0 Å². The molecule has 1 aromatic carbocycles. The van der Waals surface area contributed by atoms with Gasteiger partial charge in [0.1, 0.15) is 4.90 Å². The van der Waals surface area contributed by atoms with Crippen molar-refractivity contribution in [2.45, 2.75) is 57.9 Å². The van der Waals surface area contributed by atoms with E-state index in [1.807, 2.05) is 30.3 Å². The number of hydrogen-bond donors (Lipinski definition) is 1. The monoisotopic (exact) mass is 361 g/mol. The van der Waals surface area contributed by atoms with E-state index in [0.29, 0.717) is 11.6 Å². The van der Waals surface area contributed by atoms with Gasteiger partial charge in [-0.2, -0.15) is 5.10 Å². The van der Waals surface area contributed by atoms with E-state index in [2.05, 4.69) is 30.6 Å². The van der Waals surface area contributed by atoms with Crippen molar-refractivity contribution < 1.29 is 8.42 Å². The van der Waals surface area contributed by atoms with Crippen molar-refractivity contribution in [3.05, 3.63) is 42.2 Å². The zero-order valence-corrected chi connectivity index (χ0v) is 16.2. The molecule has 136 valence electrons. The Kier molecular flexibility index (Phi) is 4.77. The van der Waals surface area contributed by atoms with Crippen LogP contribution >= 0.6 is 0 Å². The summed E-state index contributed by atoms with van der Waals surface area (Å²) < 4.78 is 30.4. The molecular formula is C19H27N3O2S. The van der Waals surface area contributed by atoms with Crippen LogP contribution in [0.5, 0.6) is 0 Å². The maximum atomic E-state index is 12.9. The van der Waals surface area contributed by atoms with E-state index in [1.54, 1.807) is 17.8 Å². The molecule has 1 aliphatic carbocycles. The SMILES string of the molecule is Cc1nn(-c2ccccc2)cc1S(=O)(=O)NC1CC(C)CC(C)(C)C1. The molecule has 25 heavy (non-hydrogen) atoms. The fourth-order valence-corrected chi connectivity index (χ4v) is 5.55. The van der Waals surface area contributed by atoms with Gasteiger partial charge < -0.3 is 0 Å². The van der Waals surface area contributed by atoms with Crippen LogP contribution in [-0.4, -0.2) is 24.2 Å². The minimum absolute atomic E-state index is 0.0248. The van der Waals surface area contributed by atoms with Gasteiger partial charge in [0, 0.05) is 6.04 Å². The van der Waals surface area contributed by atoms with Gasteiger partial charge in [-0.3, -0.25) is 0 Å². The number of benzene rings is 1. The van der Waals surface area contributed by atoms with Gasteiger partial charge in [0.05, 0.1) is 17.6 Å². The maximum Gasteiger partial charge on any atom is 0.244 e. The smallest absolute Gasteiger partial charge is 0.239 e. The number of hydrogen-bond acceptors (Lipinski definition) is 3. The number of aryl methyl sites for hydroxylation is 1. The molecule has 1 fully saturated rings. The molecule has 1 aliphatic rings. The minimum atomic E-state index is -3.58. The van der Waals surface area contributed by atoms with Gasteiger partial charge in [0.15, 0.2) is 0 Å². The average molecular weight is 362 g/mol. The first-order chi connectivity index (χ1) is 11.7. The molecule has 1 heterocycles. The van der Waals surface area contributed by atoms with Crippen molar-refractivity contribution in [3.63, 3.8) is 0 Å². The second-order valence-electron chi connectivity index (χ2n) is 8.09. The predicted molar refractivity (Wildman–Crippen MR) is 99.2 cm³/mol. The summed E-state index contributed by atoms with van der Waals surface area (Å²) in [5, 5.41) is 4.38. The van der Waals surface area contributed by atoms with Crippen LogP contribution in [0.4, 0.5) is 0 Å². The summed E-state index contributed by atoms with van der Waals surface area (Å²) in [6.45, 7) is 8.35. The predicted octanol–water partition coefficient (Wildman–Crippen LogP) is 3.67. The standard InChI is InChI=1S/C19H27N3O2S/c1-14-10-16(12-19(3,4)11-14)21-25(23,24)18-13-22(20-15(18)2)17-8-6-5-7-9-17/h5-9,13-14,16,21H,10-12H2,1-4H3. The molecule has 2 unspecified atom stereocenters. The maximum absolute atomic E-state index is 12.9. The van der Waals surface area contributed by atoms with Crippen molar-refractivity contribution in [2.75, 3.05) is 0 Å². The molecule has 2 aromatic rings. The Bertz CT molecular complexity index is 841. The number of rotatable bonds is 4. The second-order valence-corrected chi connectivity index (χ2v) is 9.77. The van der Waals surface area contributed by atoms with Gasteiger partial charge in [-0.1, -0.05) is 39.0 Å². The highest BCUT2D eigenvalue weighted by atomic mass is 32.2. The lowest BCUT2D eigenvalue weighted by atomic mass is 9.71. The van der Waals surface area contributed by atoms with Crippen molar-refractivity contribution >= 4 is 10.0 Å². The quantitative estimate of drug-likeness (QED) is 0.903. The summed E-state index contributed by atoms with van der Waals surface area (Å²) in [5.74, 6) is 0.518. The van der Waals surface area contributed by atoms with E-state index in [9.17, 15) is 8.42 Å². The largest absolute Gasteiger partial charge is 0.244 e. The van der Waals surface area contributed by atoms with E-state index >= 15 is 0 Å². The summed E-state index contributed by atoms with van der Waals surface area (Å²) in [6, 6.07) is 9.52. The third-order valence-electron chi connectivity index (χ3n) is 4.87. The van der Waals surface area contributed by atoms with E-state index < -0.39 is 10.0 Å². The molecule has 0 aliphatic heterocycles. The van der Waals surface area contributed by atoms with E-state index in [1.165, 1.54) is 0 Å². The summed E-state index contributed by atoms with van der Waals surface area (Å²) in [7, 11) is -3.58. The van der Waals surface area contributed by atoms with Gasteiger partial charge in [-0.15, -0.1) is 0 Å². The molecule has 5 nitrogen and oxygen atoms in total. The zero-order valence-electron chi connectivity index (χ0n) is 15.4. The fourth-order valence-electron chi connectivity index (χ4n) is 4.14.